The molecular weight excluding hydrogens is 315 g/mol. The summed E-state index contributed by atoms with van der Waals surface area (Å²) in [5, 5.41) is 0. The Balaban J connectivity index is 2.34. The summed E-state index contributed by atoms with van der Waals surface area (Å²) in [5.74, 6) is -0.753. The molecule has 0 aliphatic carbocycles. The number of carbonyl (C=O) groups is 2. The van der Waals surface area contributed by atoms with Gasteiger partial charge in [-0.25, -0.2) is 4.79 Å². The summed E-state index contributed by atoms with van der Waals surface area (Å²) in [6.45, 7) is -0.118. The van der Waals surface area contributed by atoms with Crippen LogP contribution in [0.3, 0.4) is 0 Å². The summed E-state index contributed by atoms with van der Waals surface area (Å²) in [6, 6.07) is 3.81. The smallest absolute Gasteiger partial charge is 0.342 e. The number of rotatable bonds is 1. The van der Waals surface area contributed by atoms with Crippen molar-refractivity contribution in [3.8, 4) is 0 Å². The van der Waals surface area contributed by atoms with Gasteiger partial charge < -0.3 is 4.74 Å². The van der Waals surface area contributed by atoms with Gasteiger partial charge >= 0.3 is 5.97 Å². The van der Waals surface area contributed by atoms with Crippen LogP contribution in [0.15, 0.2) is 17.7 Å². The quantitative estimate of drug-likeness (QED) is 0.343. The highest BCUT2D eigenvalue weighted by atomic mass is 127. The van der Waals surface area contributed by atoms with Gasteiger partial charge in [0, 0.05) is 4.88 Å². The minimum atomic E-state index is -0.515. The Morgan fingerprint density at radius 3 is 2.71 bits per heavy atom. The van der Waals surface area contributed by atoms with Crippen molar-refractivity contribution >= 4 is 51.8 Å². The number of thiophene rings is 1. The van der Waals surface area contributed by atoms with Crippen LogP contribution in [0.5, 0.6) is 0 Å². The van der Waals surface area contributed by atoms with Crippen LogP contribution in [-0.4, -0.2) is 18.4 Å². The van der Waals surface area contributed by atoms with Gasteiger partial charge in [-0.05, 0) is 40.8 Å². The van der Waals surface area contributed by atoms with Gasteiger partial charge in [0.1, 0.15) is 5.57 Å². The number of esters is 1. The molecule has 0 saturated carbocycles. The van der Waals surface area contributed by atoms with E-state index in [2.05, 4.69) is 27.3 Å². The molecule has 1 saturated heterocycles. The molecule has 0 amide bonds. The van der Waals surface area contributed by atoms with Crippen LogP contribution in [0.1, 0.15) is 4.88 Å². The van der Waals surface area contributed by atoms with Crippen molar-refractivity contribution in [3.63, 3.8) is 0 Å². The number of hydrogen-bond donors (Lipinski definition) is 0. The molecule has 0 unspecified atom stereocenters. The number of hydrogen-bond acceptors (Lipinski definition) is 4. The highest BCUT2D eigenvalue weighted by Gasteiger charge is 2.27. The SMILES string of the molecule is O=C1COC(=O)C1=Cc1ccc(I)s1. The monoisotopic (exact) mass is 320 g/mol. The molecule has 72 valence electrons. The van der Waals surface area contributed by atoms with Crippen molar-refractivity contribution in [3.05, 3.63) is 25.5 Å². The lowest BCUT2D eigenvalue weighted by Crippen LogP contribution is -1.99. The summed E-state index contributed by atoms with van der Waals surface area (Å²) in [4.78, 5) is 23.2. The van der Waals surface area contributed by atoms with Crippen LogP contribution in [-0.2, 0) is 14.3 Å². The molecule has 1 fully saturated rings. The highest BCUT2D eigenvalue weighted by molar-refractivity contribution is 14.1. The summed E-state index contributed by atoms with van der Waals surface area (Å²) in [7, 11) is 0. The van der Waals surface area contributed by atoms with Crippen molar-refractivity contribution in [1.29, 1.82) is 0 Å². The molecule has 0 radical (unpaired) electrons. The van der Waals surface area contributed by atoms with E-state index in [1.807, 2.05) is 12.1 Å². The number of carbonyl (C=O) groups excluding carboxylic acids is 2. The predicted molar refractivity (Wildman–Crippen MR) is 61.0 cm³/mol. The summed E-state index contributed by atoms with van der Waals surface area (Å²) in [6.07, 6.45) is 1.59. The molecule has 2 heterocycles. The lowest BCUT2D eigenvalue weighted by Gasteiger charge is -1.87. The van der Waals surface area contributed by atoms with E-state index in [4.69, 9.17) is 0 Å². The first-order valence-electron chi connectivity index (χ1n) is 3.84. The van der Waals surface area contributed by atoms with E-state index < -0.39 is 5.97 Å². The van der Waals surface area contributed by atoms with E-state index in [1.165, 1.54) is 11.3 Å². The van der Waals surface area contributed by atoms with Gasteiger partial charge in [0.05, 0.1) is 2.88 Å². The van der Waals surface area contributed by atoms with Gasteiger partial charge in [0.25, 0.3) is 0 Å². The summed E-state index contributed by atoms with van der Waals surface area (Å²) < 4.78 is 5.72. The van der Waals surface area contributed by atoms with Crippen LogP contribution in [0.25, 0.3) is 6.08 Å². The molecule has 0 N–H and O–H groups in total. The first kappa shape index (κ1) is 9.85. The van der Waals surface area contributed by atoms with Crippen LogP contribution < -0.4 is 0 Å². The average molecular weight is 320 g/mol. The molecular formula is C9H5IO3S. The largest absolute Gasteiger partial charge is 0.454 e. The summed E-state index contributed by atoms with van der Waals surface area (Å²) in [5.41, 5.74) is 0.156. The third kappa shape index (κ3) is 1.88. The summed E-state index contributed by atoms with van der Waals surface area (Å²) >= 11 is 3.71. The molecule has 0 spiro atoms. The zero-order valence-corrected chi connectivity index (χ0v) is 9.92. The van der Waals surface area contributed by atoms with Crippen LogP contribution in [0, 0.1) is 2.88 Å². The molecule has 5 heteroatoms. The molecule has 1 aliphatic rings. The zero-order chi connectivity index (χ0) is 10.1. The molecule has 1 aromatic heterocycles. The topological polar surface area (TPSA) is 43.4 Å². The van der Waals surface area contributed by atoms with Gasteiger partial charge in [0.15, 0.2) is 6.61 Å². The second-order valence-electron chi connectivity index (χ2n) is 2.70. The number of ketones is 1. The predicted octanol–water partition coefficient (Wildman–Crippen LogP) is 1.86. The first-order valence-corrected chi connectivity index (χ1v) is 5.74. The van der Waals surface area contributed by atoms with Crippen molar-refractivity contribution in [2.45, 2.75) is 0 Å². The number of cyclic esters (lactones) is 1. The van der Waals surface area contributed by atoms with Crippen molar-refractivity contribution in [2.24, 2.45) is 0 Å². The fraction of sp³-hybridized carbons (Fsp3) is 0.111. The maximum absolute atomic E-state index is 11.2. The normalized spacial score (nSPS) is 19.1. The van der Waals surface area contributed by atoms with Gasteiger partial charge in [-0.1, -0.05) is 0 Å². The molecule has 0 atom stereocenters. The van der Waals surface area contributed by atoms with Gasteiger partial charge in [0.2, 0.25) is 5.78 Å². The molecule has 14 heavy (non-hydrogen) atoms. The van der Waals surface area contributed by atoms with E-state index in [-0.39, 0.29) is 18.0 Å². The van der Waals surface area contributed by atoms with Crippen molar-refractivity contribution < 1.29 is 14.3 Å². The average Bonchev–Trinajstić information content (AvgIpc) is 2.67. The second kappa shape index (κ2) is 3.82. The third-order valence-electron chi connectivity index (χ3n) is 1.74. The fourth-order valence-electron chi connectivity index (χ4n) is 1.09. The maximum Gasteiger partial charge on any atom is 0.342 e. The van der Waals surface area contributed by atoms with E-state index >= 15 is 0 Å². The minimum absolute atomic E-state index is 0.118. The van der Waals surface area contributed by atoms with E-state index in [9.17, 15) is 9.59 Å². The standard InChI is InChI=1S/C9H5IO3S/c10-8-2-1-5(14-8)3-6-7(11)4-13-9(6)12/h1-3H,4H2. The second-order valence-corrected chi connectivity index (χ2v) is 5.71. The first-order chi connectivity index (χ1) is 6.66. The lowest BCUT2D eigenvalue weighted by atomic mass is 10.2. The Bertz CT molecular complexity index is 415. The van der Waals surface area contributed by atoms with Crippen LogP contribution in [0.4, 0.5) is 0 Å². The van der Waals surface area contributed by atoms with Crippen LogP contribution >= 0.6 is 33.9 Å². The van der Waals surface area contributed by atoms with E-state index in [0.29, 0.717) is 0 Å². The van der Waals surface area contributed by atoms with Gasteiger partial charge in [-0.3, -0.25) is 4.79 Å². The number of ether oxygens (including phenoxy) is 1. The van der Waals surface area contributed by atoms with Gasteiger partial charge in [-0.15, -0.1) is 11.3 Å². The lowest BCUT2D eigenvalue weighted by molar-refractivity contribution is -0.135. The van der Waals surface area contributed by atoms with E-state index in [0.717, 1.165) is 7.76 Å². The number of Topliss-reactive ketones (excluding diaryl/α,β-unsaturated/α-hetero) is 1. The Labute approximate surface area is 97.9 Å². The van der Waals surface area contributed by atoms with Crippen LogP contribution in [0.2, 0.25) is 0 Å². The maximum atomic E-state index is 11.2. The zero-order valence-electron chi connectivity index (χ0n) is 6.95. The van der Waals surface area contributed by atoms with Gasteiger partial charge in [-0.2, -0.15) is 0 Å². The Hall–Kier alpha value is -0.690. The molecule has 2 rings (SSSR count). The third-order valence-corrected chi connectivity index (χ3v) is 3.58. The van der Waals surface area contributed by atoms with E-state index in [1.54, 1.807) is 6.08 Å². The fourth-order valence-corrected chi connectivity index (χ4v) is 2.70. The Morgan fingerprint density at radius 1 is 1.43 bits per heavy atom. The molecule has 0 bridgehead atoms. The molecule has 1 aromatic rings. The van der Waals surface area contributed by atoms with Crippen molar-refractivity contribution in [1.82, 2.24) is 0 Å². The number of halogens is 1. The minimum Gasteiger partial charge on any atom is -0.454 e. The molecule has 0 aromatic carbocycles. The van der Waals surface area contributed by atoms with Crippen molar-refractivity contribution in [2.75, 3.05) is 6.61 Å². The molecule has 3 nitrogen and oxygen atoms in total. The molecule has 1 aliphatic heterocycles. The Kier molecular flexibility index (Phi) is 2.69. The Morgan fingerprint density at radius 2 is 2.21 bits per heavy atom. The highest BCUT2D eigenvalue weighted by Crippen LogP contribution is 2.22.